The highest BCUT2D eigenvalue weighted by Crippen LogP contribution is 2.34. The Morgan fingerprint density at radius 3 is 2.81 bits per heavy atom. The minimum absolute atomic E-state index is 0.736. The van der Waals surface area contributed by atoms with Gasteiger partial charge in [-0.25, -0.2) is 4.98 Å². The standard InChI is InChI=1S/C15H19N3O2S/c1-5-10(2)17-18-15-16-13(9-21-15)12-7-6-11(19-3)8-14(12)20-4/h6-9H,5H2,1-4H3,(H,16,18)/b17-10+. The second kappa shape index (κ2) is 7.08. The summed E-state index contributed by atoms with van der Waals surface area (Å²) < 4.78 is 10.6. The van der Waals surface area contributed by atoms with Crippen molar-refractivity contribution < 1.29 is 9.47 Å². The van der Waals surface area contributed by atoms with Crippen LogP contribution in [-0.2, 0) is 0 Å². The molecular formula is C15H19N3O2S. The second-order valence-corrected chi connectivity index (χ2v) is 5.27. The number of anilines is 1. The SMILES string of the molecule is CC/C(C)=N/Nc1nc(-c2ccc(OC)cc2OC)cs1. The lowest BCUT2D eigenvalue weighted by atomic mass is 10.1. The van der Waals surface area contributed by atoms with Crippen molar-refractivity contribution in [2.45, 2.75) is 20.3 Å². The van der Waals surface area contributed by atoms with E-state index in [0.29, 0.717) is 0 Å². The number of nitrogens with zero attached hydrogens (tertiary/aromatic N) is 2. The van der Waals surface area contributed by atoms with Crippen molar-refractivity contribution in [3.63, 3.8) is 0 Å². The number of aromatic nitrogens is 1. The predicted molar refractivity (Wildman–Crippen MR) is 87.7 cm³/mol. The van der Waals surface area contributed by atoms with Crippen molar-refractivity contribution in [2.24, 2.45) is 5.10 Å². The van der Waals surface area contributed by atoms with Gasteiger partial charge in [0, 0.05) is 22.7 Å². The van der Waals surface area contributed by atoms with Crippen molar-refractivity contribution in [3.05, 3.63) is 23.6 Å². The Labute approximate surface area is 128 Å². The van der Waals surface area contributed by atoms with Gasteiger partial charge in [0.05, 0.1) is 19.9 Å². The smallest absolute Gasteiger partial charge is 0.203 e. The van der Waals surface area contributed by atoms with Crippen LogP contribution in [0.25, 0.3) is 11.3 Å². The number of nitrogens with one attached hydrogen (secondary N) is 1. The van der Waals surface area contributed by atoms with Gasteiger partial charge < -0.3 is 9.47 Å². The summed E-state index contributed by atoms with van der Waals surface area (Å²) in [4.78, 5) is 4.53. The van der Waals surface area contributed by atoms with Crippen LogP contribution in [0.5, 0.6) is 11.5 Å². The summed E-state index contributed by atoms with van der Waals surface area (Å²) in [6.07, 6.45) is 0.914. The summed E-state index contributed by atoms with van der Waals surface area (Å²) in [6.45, 7) is 4.05. The van der Waals surface area contributed by atoms with E-state index in [-0.39, 0.29) is 0 Å². The zero-order valence-corrected chi connectivity index (χ0v) is 13.5. The Morgan fingerprint density at radius 1 is 1.33 bits per heavy atom. The summed E-state index contributed by atoms with van der Waals surface area (Å²) in [5.41, 5.74) is 5.79. The Bertz CT molecular complexity index is 638. The Hall–Kier alpha value is -2.08. The lowest BCUT2D eigenvalue weighted by Crippen LogP contribution is -1.95. The number of hydrazone groups is 1. The molecule has 0 fully saturated rings. The average Bonchev–Trinajstić information content (AvgIpc) is 3.00. The van der Waals surface area contributed by atoms with Crippen molar-refractivity contribution >= 4 is 22.2 Å². The third-order valence-corrected chi connectivity index (χ3v) is 3.79. The topological polar surface area (TPSA) is 55.7 Å². The van der Waals surface area contributed by atoms with Gasteiger partial charge in [0.15, 0.2) is 0 Å². The van der Waals surface area contributed by atoms with Gasteiger partial charge in [-0.15, -0.1) is 11.3 Å². The van der Waals surface area contributed by atoms with Crippen LogP contribution in [0.15, 0.2) is 28.7 Å². The van der Waals surface area contributed by atoms with Crippen molar-refractivity contribution in [3.8, 4) is 22.8 Å². The van der Waals surface area contributed by atoms with E-state index in [2.05, 4.69) is 22.4 Å². The van der Waals surface area contributed by atoms with Crippen molar-refractivity contribution in [1.29, 1.82) is 0 Å². The van der Waals surface area contributed by atoms with E-state index in [9.17, 15) is 0 Å². The zero-order valence-electron chi connectivity index (χ0n) is 12.6. The molecule has 0 saturated carbocycles. The Kier molecular flexibility index (Phi) is 5.16. The number of ether oxygens (including phenoxy) is 2. The number of hydrogen-bond donors (Lipinski definition) is 1. The fraction of sp³-hybridized carbons (Fsp3) is 0.333. The monoisotopic (exact) mass is 305 g/mol. The first kappa shape index (κ1) is 15.3. The van der Waals surface area contributed by atoms with Gasteiger partial charge in [-0.1, -0.05) is 6.92 Å². The minimum Gasteiger partial charge on any atom is -0.497 e. The summed E-state index contributed by atoms with van der Waals surface area (Å²) in [6, 6.07) is 5.68. The number of methoxy groups -OCH3 is 2. The summed E-state index contributed by atoms with van der Waals surface area (Å²) in [7, 11) is 3.27. The van der Waals surface area contributed by atoms with Crippen LogP contribution in [0.1, 0.15) is 20.3 Å². The van der Waals surface area contributed by atoms with Crippen LogP contribution in [0.4, 0.5) is 5.13 Å². The molecule has 21 heavy (non-hydrogen) atoms. The third-order valence-electron chi connectivity index (χ3n) is 3.04. The molecule has 1 heterocycles. The molecule has 0 spiro atoms. The molecular weight excluding hydrogens is 286 g/mol. The van der Waals surface area contributed by atoms with Gasteiger partial charge >= 0.3 is 0 Å². The maximum Gasteiger partial charge on any atom is 0.203 e. The molecule has 0 aliphatic carbocycles. The van der Waals surface area contributed by atoms with E-state index in [4.69, 9.17) is 9.47 Å². The first-order valence-electron chi connectivity index (χ1n) is 6.65. The fourth-order valence-corrected chi connectivity index (χ4v) is 2.33. The molecule has 2 rings (SSSR count). The van der Waals surface area contributed by atoms with Crippen LogP contribution < -0.4 is 14.9 Å². The van der Waals surface area contributed by atoms with Crippen LogP contribution in [0.2, 0.25) is 0 Å². The normalized spacial score (nSPS) is 11.3. The van der Waals surface area contributed by atoms with E-state index in [1.54, 1.807) is 14.2 Å². The lowest BCUT2D eigenvalue weighted by Gasteiger charge is -2.08. The molecule has 6 heteroatoms. The van der Waals surface area contributed by atoms with Crippen LogP contribution in [0.3, 0.4) is 0 Å². The van der Waals surface area contributed by atoms with Crippen molar-refractivity contribution in [1.82, 2.24) is 4.98 Å². The number of benzene rings is 1. The number of rotatable bonds is 6. The van der Waals surface area contributed by atoms with E-state index in [1.807, 2.05) is 30.5 Å². The molecule has 0 aliphatic heterocycles. The molecule has 0 saturated heterocycles. The fourth-order valence-electron chi connectivity index (χ4n) is 1.68. The third kappa shape index (κ3) is 3.72. The van der Waals surface area contributed by atoms with Crippen LogP contribution in [0, 0.1) is 0 Å². The molecule has 112 valence electrons. The quantitative estimate of drug-likeness (QED) is 0.647. The van der Waals surface area contributed by atoms with Gasteiger partial charge in [-0.05, 0) is 25.5 Å². The Balaban J connectivity index is 2.25. The first-order valence-corrected chi connectivity index (χ1v) is 7.53. The molecule has 1 aromatic carbocycles. The number of hydrogen-bond acceptors (Lipinski definition) is 6. The van der Waals surface area contributed by atoms with Gasteiger partial charge in [-0.3, -0.25) is 5.43 Å². The predicted octanol–water partition coefficient (Wildman–Crippen LogP) is 4.03. The molecule has 0 radical (unpaired) electrons. The molecule has 0 aliphatic rings. The molecule has 5 nitrogen and oxygen atoms in total. The minimum atomic E-state index is 0.736. The van der Waals surface area contributed by atoms with E-state index in [1.165, 1.54) is 11.3 Å². The highest BCUT2D eigenvalue weighted by atomic mass is 32.1. The average molecular weight is 305 g/mol. The van der Waals surface area contributed by atoms with Gasteiger partial charge in [0.1, 0.15) is 11.5 Å². The van der Waals surface area contributed by atoms with Gasteiger partial charge in [0.2, 0.25) is 5.13 Å². The summed E-state index contributed by atoms with van der Waals surface area (Å²) in [5, 5.41) is 6.99. The number of thiazole rings is 1. The van der Waals surface area contributed by atoms with E-state index in [0.717, 1.165) is 40.0 Å². The molecule has 1 aromatic heterocycles. The molecule has 1 N–H and O–H groups in total. The summed E-state index contributed by atoms with van der Waals surface area (Å²) in [5.74, 6) is 1.49. The molecule has 0 atom stereocenters. The highest BCUT2D eigenvalue weighted by Gasteiger charge is 2.11. The van der Waals surface area contributed by atoms with Gasteiger partial charge in [0.25, 0.3) is 0 Å². The maximum atomic E-state index is 5.40. The van der Waals surface area contributed by atoms with Crippen LogP contribution in [-0.4, -0.2) is 24.9 Å². The molecule has 2 aromatic rings. The molecule has 0 amide bonds. The van der Waals surface area contributed by atoms with Gasteiger partial charge in [-0.2, -0.15) is 5.10 Å². The highest BCUT2D eigenvalue weighted by molar-refractivity contribution is 7.14. The zero-order chi connectivity index (χ0) is 15.2. The second-order valence-electron chi connectivity index (χ2n) is 4.42. The summed E-state index contributed by atoms with van der Waals surface area (Å²) >= 11 is 1.51. The molecule has 0 unspecified atom stereocenters. The van der Waals surface area contributed by atoms with E-state index >= 15 is 0 Å². The molecule has 0 bridgehead atoms. The van der Waals surface area contributed by atoms with E-state index < -0.39 is 0 Å². The first-order chi connectivity index (χ1) is 10.2. The Morgan fingerprint density at radius 2 is 2.14 bits per heavy atom. The maximum absolute atomic E-state index is 5.40. The van der Waals surface area contributed by atoms with Crippen LogP contribution >= 0.6 is 11.3 Å². The largest absolute Gasteiger partial charge is 0.497 e. The van der Waals surface area contributed by atoms with Crippen molar-refractivity contribution in [2.75, 3.05) is 19.6 Å². The lowest BCUT2D eigenvalue weighted by molar-refractivity contribution is 0.395.